The number of nitrogens with zero attached hydrogens (tertiary/aromatic N) is 1. The number of nitrogens with one attached hydrogen (secondary N) is 2. The predicted molar refractivity (Wildman–Crippen MR) is 91.8 cm³/mol. The molecule has 0 fully saturated rings. The minimum atomic E-state index is -0.334. The van der Waals surface area contributed by atoms with Crippen LogP contribution < -0.4 is 14.8 Å². The first-order valence-corrected chi connectivity index (χ1v) is 8.16. The van der Waals surface area contributed by atoms with Gasteiger partial charge in [0, 0.05) is 15.6 Å². The average Bonchev–Trinajstić information content (AvgIpc) is 2.50. The number of fused-ring (bicyclic) bond motifs is 1. The minimum absolute atomic E-state index is 0.334. The van der Waals surface area contributed by atoms with Crippen molar-refractivity contribution < 1.29 is 9.13 Å². The number of ether oxygens (including phenoxy) is 1. The lowest BCUT2D eigenvalue weighted by Crippen LogP contribution is -2.27. The van der Waals surface area contributed by atoms with Crippen molar-refractivity contribution in [3.05, 3.63) is 45.6 Å². The van der Waals surface area contributed by atoms with E-state index in [9.17, 15) is 4.39 Å². The van der Waals surface area contributed by atoms with E-state index < -0.39 is 0 Å². The van der Waals surface area contributed by atoms with Crippen LogP contribution in [0.3, 0.4) is 0 Å². The van der Waals surface area contributed by atoms with Crippen LogP contribution in [0.4, 0.5) is 15.8 Å². The highest BCUT2D eigenvalue weighted by molar-refractivity contribution is 9.10. The number of hydrogen-bond donors (Lipinski definition) is 2. The molecule has 0 atom stereocenters. The van der Waals surface area contributed by atoms with Crippen LogP contribution in [-0.4, -0.2) is 13.1 Å². The number of halogens is 3. The Morgan fingerprint density at radius 1 is 1.36 bits per heavy atom. The van der Waals surface area contributed by atoms with Crippen molar-refractivity contribution in [1.82, 2.24) is 4.72 Å². The third-order valence-corrected chi connectivity index (χ3v) is 4.62. The van der Waals surface area contributed by atoms with Gasteiger partial charge in [0.1, 0.15) is 17.3 Å². The van der Waals surface area contributed by atoms with Crippen molar-refractivity contribution in [2.24, 2.45) is 4.99 Å². The van der Waals surface area contributed by atoms with E-state index in [2.05, 4.69) is 31.0 Å². The lowest BCUT2D eigenvalue weighted by atomic mass is 10.3. The van der Waals surface area contributed by atoms with Gasteiger partial charge in [0.25, 0.3) is 0 Å². The maximum absolute atomic E-state index is 13.3. The SMILES string of the molecule is COc1cc(Cl)cc2c1N=C(Nc1cc(F)ccc1Br)NS2. The van der Waals surface area contributed by atoms with E-state index in [1.807, 2.05) is 0 Å². The quantitative estimate of drug-likeness (QED) is 0.697. The first kappa shape index (κ1) is 15.5. The molecule has 0 bridgehead atoms. The number of methoxy groups -OCH3 is 1. The van der Waals surface area contributed by atoms with Gasteiger partial charge >= 0.3 is 0 Å². The zero-order valence-corrected chi connectivity index (χ0v) is 14.4. The second-order valence-electron chi connectivity index (χ2n) is 4.37. The molecular weight excluding hydrogens is 393 g/mol. The fourth-order valence-corrected chi connectivity index (χ4v) is 3.26. The van der Waals surface area contributed by atoms with Gasteiger partial charge in [0.15, 0.2) is 0 Å². The van der Waals surface area contributed by atoms with Crippen molar-refractivity contribution in [2.45, 2.75) is 4.90 Å². The van der Waals surface area contributed by atoms with E-state index in [-0.39, 0.29) is 5.82 Å². The molecule has 2 aromatic rings. The highest BCUT2D eigenvalue weighted by Crippen LogP contribution is 2.41. The summed E-state index contributed by atoms with van der Waals surface area (Å²) in [6, 6.07) is 7.89. The Bertz CT molecular complexity index is 772. The fourth-order valence-electron chi connectivity index (χ4n) is 1.91. The summed E-state index contributed by atoms with van der Waals surface area (Å²) in [5.74, 6) is 0.720. The van der Waals surface area contributed by atoms with Crippen molar-refractivity contribution in [2.75, 3.05) is 12.4 Å². The zero-order chi connectivity index (χ0) is 15.7. The predicted octanol–water partition coefficient (Wildman–Crippen LogP) is 4.96. The van der Waals surface area contributed by atoms with E-state index in [1.165, 1.54) is 24.1 Å². The molecule has 1 aliphatic heterocycles. The van der Waals surface area contributed by atoms with Crippen LogP contribution in [0, 0.1) is 5.82 Å². The van der Waals surface area contributed by atoms with Crippen LogP contribution in [-0.2, 0) is 0 Å². The minimum Gasteiger partial charge on any atom is -0.494 e. The molecule has 2 aromatic carbocycles. The molecule has 4 nitrogen and oxygen atoms in total. The third-order valence-electron chi connectivity index (χ3n) is 2.89. The van der Waals surface area contributed by atoms with Gasteiger partial charge in [-0.05, 0) is 52.1 Å². The van der Waals surface area contributed by atoms with Crippen LogP contribution in [0.5, 0.6) is 5.75 Å². The summed E-state index contributed by atoms with van der Waals surface area (Å²) in [7, 11) is 1.56. The summed E-state index contributed by atoms with van der Waals surface area (Å²) in [4.78, 5) is 5.32. The van der Waals surface area contributed by atoms with Gasteiger partial charge in [-0.1, -0.05) is 11.6 Å². The molecule has 0 aliphatic carbocycles. The normalized spacial score (nSPS) is 13.0. The maximum atomic E-state index is 13.3. The summed E-state index contributed by atoms with van der Waals surface area (Å²) in [5.41, 5.74) is 1.24. The van der Waals surface area contributed by atoms with Gasteiger partial charge < -0.3 is 10.1 Å². The Balaban J connectivity index is 1.95. The smallest absolute Gasteiger partial charge is 0.211 e. The number of hydrogen-bond acceptors (Lipinski definition) is 5. The molecule has 0 aromatic heterocycles. The van der Waals surface area contributed by atoms with Crippen molar-refractivity contribution >= 4 is 56.8 Å². The molecular formula is C14H10BrClFN3OS. The van der Waals surface area contributed by atoms with Crippen molar-refractivity contribution in [1.29, 1.82) is 0 Å². The zero-order valence-electron chi connectivity index (χ0n) is 11.3. The highest BCUT2D eigenvalue weighted by Gasteiger charge is 2.18. The number of anilines is 1. The molecule has 0 radical (unpaired) electrons. The summed E-state index contributed by atoms with van der Waals surface area (Å²) >= 11 is 10.8. The molecule has 1 aliphatic rings. The van der Waals surface area contributed by atoms with Gasteiger partial charge in [-0.15, -0.1) is 0 Å². The monoisotopic (exact) mass is 401 g/mol. The van der Waals surface area contributed by atoms with E-state index in [0.29, 0.717) is 28.1 Å². The largest absolute Gasteiger partial charge is 0.494 e. The molecule has 2 N–H and O–H groups in total. The Morgan fingerprint density at radius 2 is 2.18 bits per heavy atom. The van der Waals surface area contributed by atoms with Crippen molar-refractivity contribution in [3.8, 4) is 5.75 Å². The van der Waals surface area contributed by atoms with Crippen LogP contribution >= 0.6 is 39.5 Å². The van der Waals surface area contributed by atoms with Crippen LogP contribution in [0.15, 0.2) is 44.7 Å². The van der Waals surface area contributed by atoms with Gasteiger partial charge in [0.2, 0.25) is 5.96 Å². The Labute approximate surface area is 144 Å². The summed E-state index contributed by atoms with van der Waals surface area (Å²) in [6.45, 7) is 0. The van der Waals surface area contributed by atoms with Crippen LogP contribution in [0.25, 0.3) is 0 Å². The summed E-state index contributed by atoms with van der Waals surface area (Å²) in [5, 5.41) is 3.61. The third kappa shape index (κ3) is 3.16. The highest BCUT2D eigenvalue weighted by atomic mass is 79.9. The average molecular weight is 403 g/mol. The topological polar surface area (TPSA) is 45.6 Å². The molecule has 8 heteroatoms. The molecule has 0 saturated carbocycles. The van der Waals surface area contributed by atoms with E-state index in [1.54, 1.807) is 25.3 Å². The van der Waals surface area contributed by atoms with Crippen LogP contribution in [0.2, 0.25) is 5.02 Å². The first-order chi connectivity index (χ1) is 10.6. The van der Waals surface area contributed by atoms with Crippen LogP contribution in [0.1, 0.15) is 0 Å². The number of rotatable bonds is 2. The lowest BCUT2D eigenvalue weighted by molar-refractivity contribution is 0.415. The van der Waals surface area contributed by atoms with Gasteiger partial charge in [-0.3, -0.25) is 4.72 Å². The molecule has 3 rings (SSSR count). The second-order valence-corrected chi connectivity index (χ2v) is 6.51. The molecule has 0 spiro atoms. The van der Waals surface area contributed by atoms with Gasteiger partial charge in [0.05, 0.1) is 17.7 Å². The van der Waals surface area contributed by atoms with Crippen molar-refractivity contribution in [3.63, 3.8) is 0 Å². The molecule has 114 valence electrons. The molecule has 0 unspecified atom stereocenters. The fraction of sp³-hybridized carbons (Fsp3) is 0.0714. The second kappa shape index (κ2) is 6.36. The Morgan fingerprint density at radius 3 is 2.95 bits per heavy atom. The first-order valence-electron chi connectivity index (χ1n) is 6.18. The number of benzene rings is 2. The standard InChI is InChI=1S/C14H10BrClFN3OS/c1-21-11-4-7(16)5-12-13(11)19-14(20-22-12)18-10-6-8(17)2-3-9(10)15/h2-6H,1H3,(H2,18,19,20). The lowest BCUT2D eigenvalue weighted by Gasteiger charge is -2.20. The molecule has 0 saturated heterocycles. The summed E-state index contributed by atoms with van der Waals surface area (Å²) in [6.07, 6.45) is 0. The molecule has 1 heterocycles. The summed E-state index contributed by atoms with van der Waals surface area (Å²) < 4.78 is 22.4. The van der Waals surface area contributed by atoms with Gasteiger partial charge in [-0.2, -0.15) is 0 Å². The molecule has 22 heavy (non-hydrogen) atoms. The van der Waals surface area contributed by atoms with E-state index >= 15 is 0 Å². The van der Waals surface area contributed by atoms with E-state index in [0.717, 1.165) is 9.37 Å². The number of aliphatic imine (C=N–C) groups is 1. The Kier molecular flexibility index (Phi) is 4.46. The maximum Gasteiger partial charge on any atom is 0.211 e. The molecule has 0 amide bonds. The van der Waals surface area contributed by atoms with E-state index in [4.69, 9.17) is 16.3 Å². The number of guanidine groups is 1. The Hall–Kier alpha value is -1.44. The van der Waals surface area contributed by atoms with Gasteiger partial charge in [-0.25, -0.2) is 9.38 Å².